The standard InChI is InChI=1S/C18H24N2/c1-14(2)18-8-6-15(7-9-18)12-20-13-17-5-3-4-16(10-17)11-19/h3-10,14,20H,11-13,19H2,1-2H3. The summed E-state index contributed by atoms with van der Waals surface area (Å²) in [6.45, 7) is 6.81. The molecule has 2 aromatic carbocycles. The third kappa shape index (κ3) is 4.19. The molecule has 0 amide bonds. The maximum absolute atomic E-state index is 5.66. The van der Waals surface area contributed by atoms with Crippen LogP contribution in [0.3, 0.4) is 0 Å². The van der Waals surface area contributed by atoms with Crippen LogP contribution in [0.2, 0.25) is 0 Å². The number of nitrogens with two attached hydrogens (primary N) is 1. The van der Waals surface area contributed by atoms with Crippen molar-refractivity contribution >= 4 is 0 Å². The molecule has 0 bridgehead atoms. The Labute approximate surface area is 122 Å². The van der Waals surface area contributed by atoms with Crippen LogP contribution in [-0.2, 0) is 19.6 Å². The molecule has 2 nitrogen and oxygen atoms in total. The molecule has 0 heterocycles. The van der Waals surface area contributed by atoms with Crippen LogP contribution >= 0.6 is 0 Å². The second-order valence-electron chi connectivity index (χ2n) is 5.52. The minimum absolute atomic E-state index is 0.594. The lowest BCUT2D eigenvalue weighted by Crippen LogP contribution is -2.13. The Morgan fingerprint density at radius 1 is 0.900 bits per heavy atom. The Morgan fingerprint density at radius 2 is 1.55 bits per heavy atom. The zero-order chi connectivity index (χ0) is 14.4. The van der Waals surface area contributed by atoms with E-state index >= 15 is 0 Å². The summed E-state index contributed by atoms with van der Waals surface area (Å²) in [5, 5.41) is 3.48. The summed E-state index contributed by atoms with van der Waals surface area (Å²) < 4.78 is 0. The van der Waals surface area contributed by atoms with Crippen molar-refractivity contribution in [3.63, 3.8) is 0 Å². The van der Waals surface area contributed by atoms with E-state index in [-0.39, 0.29) is 0 Å². The van der Waals surface area contributed by atoms with E-state index in [0.717, 1.165) is 13.1 Å². The highest BCUT2D eigenvalue weighted by Gasteiger charge is 1.99. The summed E-state index contributed by atoms with van der Waals surface area (Å²) in [6, 6.07) is 17.3. The van der Waals surface area contributed by atoms with Gasteiger partial charge in [-0.15, -0.1) is 0 Å². The lowest BCUT2D eigenvalue weighted by atomic mass is 10.0. The van der Waals surface area contributed by atoms with Gasteiger partial charge in [-0.05, 0) is 28.2 Å². The van der Waals surface area contributed by atoms with Gasteiger partial charge in [-0.25, -0.2) is 0 Å². The molecule has 0 radical (unpaired) electrons. The Balaban J connectivity index is 1.86. The number of hydrogen-bond donors (Lipinski definition) is 2. The summed E-state index contributed by atoms with van der Waals surface area (Å²) in [6.07, 6.45) is 0. The minimum atomic E-state index is 0.594. The van der Waals surface area contributed by atoms with Gasteiger partial charge in [-0.3, -0.25) is 0 Å². The second-order valence-corrected chi connectivity index (χ2v) is 5.52. The van der Waals surface area contributed by atoms with E-state index in [2.05, 4.69) is 67.7 Å². The average molecular weight is 268 g/mol. The summed E-state index contributed by atoms with van der Waals surface area (Å²) >= 11 is 0. The third-order valence-electron chi connectivity index (χ3n) is 3.53. The van der Waals surface area contributed by atoms with Gasteiger partial charge in [0.25, 0.3) is 0 Å². The molecule has 0 saturated heterocycles. The molecule has 2 aromatic rings. The van der Waals surface area contributed by atoms with Gasteiger partial charge < -0.3 is 11.1 Å². The first kappa shape index (κ1) is 14.8. The average Bonchev–Trinajstić information content (AvgIpc) is 2.48. The Morgan fingerprint density at radius 3 is 2.20 bits per heavy atom. The molecule has 2 heteroatoms. The van der Waals surface area contributed by atoms with Crippen LogP contribution in [-0.4, -0.2) is 0 Å². The zero-order valence-electron chi connectivity index (χ0n) is 12.4. The fourth-order valence-electron chi connectivity index (χ4n) is 2.24. The fraction of sp³-hybridized carbons (Fsp3) is 0.333. The highest BCUT2D eigenvalue weighted by Crippen LogP contribution is 2.14. The maximum Gasteiger partial charge on any atom is 0.0208 e. The van der Waals surface area contributed by atoms with Crippen LogP contribution in [0.4, 0.5) is 0 Å². The van der Waals surface area contributed by atoms with Crippen molar-refractivity contribution in [1.29, 1.82) is 0 Å². The van der Waals surface area contributed by atoms with Crippen molar-refractivity contribution in [1.82, 2.24) is 5.32 Å². The fourth-order valence-corrected chi connectivity index (χ4v) is 2.24. The van der Waals surface area contributed by atoms with Crippen molar-refractivity contribution < 1.29 is 0 Å². The van der Waals surface area contributed by atoms with Gasteiger partial charge in [0.2, 0.25) is 0 Å². The molecule has 0 spiro atoms. The topological polar surface area (TPSA) is 38.0 Å². The van der Waals surface area contributed by atoms with E-state index < -0.39 is 0 Å². The number of benzene rings is 2. The first-order valence-electron chi connectivity index (χ1n) is 7.26. The molecule has 0 unspecified atom stereocenters. The van der Waals surface area contributed by atoms with Gasteiger partial charge in [-0.2, -0.15) is 0 Å². The predicted octanol–water partition coefficient (Wildman–Crippen LogP) is 3.56. The predicted molar refractivity (Wildman–Crippen MR) is 85.4 cm³/mol. The van der Waals surface area contributed by atoms with Gasteiger partial charge in [0.05, 0.1) is 0 Å². The summed E-state index contributed by atoms with van der Waals surface area (Å²) in [4.78, 5) is 0. The molecule has 20 heavy (non-hydrogen) atoms. The second kappa shape index (κ2) is 7.22. The maximum atomic E-state index is 5.66. The smallest absolute Gasteiger partial charge is 0.0208 e. The Bertz CT molecular complexity index is 529. The molecule has 0 saturated carbocycles. The zero-order valence-corrected chi connectivity index (χ0v) is 12.4. The van der Waals surface area contributed by atoms with Crippen LogP contribution in [0.5, 0.6) is 0 Å². The lowest BCUT2D eigenvalue weighted by Gasteiger charge is -2.09. The minimum Gasteiger partial charge on any atom is -0.326 e. The molecule has 0 fully saturated rings. The molecular weight excluding hydrogens is 244 g/mol. The monoisotopic (exact) mass is 268 g/mol. The van der Waals surface area contributed by atoms with E-state index in [1.807, 2.05) is 0 Å². The molecule has 0 aliphatic heterocycles. The molecule has 2 rings (SSSR count). The van der Waals surface area contributed by atoms with Crippen LogP contribution in [0.25, 0.3) is 0 Å². The molecule has 106 valence electrons. The highest BCUT2D eigenvalue weighted by molar-refractivity contribution is 5.25. The van der Waals surface area contributed by atoms with Gasteiger partial charge in [0.15, 0.2) is 0 Å². The Hall–Kier alpha value is -1.64. The normalized spacial score (nSPS) is 11.0. The van der Waals surface area contributed by atoms with Crippen molar-refractivity contribution in [2.24, 2.45) is 5.73 Å². The van der Waals surface area contributed by atoms with E-state index in [0.29, 0.717) is 12.5 Å². The largest absolute Gasteiger partial charge is 0.326 e. The number of hydrogen-bond acceptors (Lipinski definition) is 2. The van der Waals surface area contributed by atoms with Crippen LogP contribution in [0, 0.1) is 0 Å². The van der Waals surface area contributed by atoms with E-state index in [1.54, 1.807) is 0 Å². The molecular formula is C18H24N2. The van der Waals surface area contributed by atoms with E-state index in [4.69, 9.17) is 5.73 Å². The molecule has 0 aromatic heterocycles. The van der Waals surface area contributed by atoms with Gasteiger partial charge in [0, 0.05) is 19.6 Å². The molecule has 0 aliphatic rings. The van der Waals surface area contributed by atoms with Crippen molar-refractivity contribution in [2.45, 2.75) is 39.4 Å². The first-order chi connectivity index (χ1) is 9.69. The van der Waals surface area contributed by atoms with Crippen molar-refractivity contribution in [2.75, 3.05) is 0 Å². The number of rotatable bonds is 6. The quantitative estimate of drug-likeness (QED) is 0.840. The van der Waals surface area contributed by atoms with Crippen LogP contribution in [0.1, 0.15) is 42.0 Å². The van der Waals surface area contributed by atoms with E-state index in [9.17, 15) is 0 Å². The third-order valence-corrected chi connectivity index (χ3v) is 3.53. The molecule has 3 N–H and O–H groups in total. The SMILES string of the molecule is CC(C)c1ccc(CNCc2cccc(CN)c2)cc1. The van der Waals surface area contributed by atoms with Crippen LogP contribution in [0.15, 0.2) is 48.5 Å². The molecule has 0 atom stereocenters. The highest BCUT2D eigenvalue weighted by atomic mass is 14.8. The van der Waals surface area contributed by atoms with Crippen LogP contribution < -0.4 is 11.1 Å². The van der Waals surface area contributed by atoms with Gasteiger partial charge >= 0.3 is 0 Å². The summed E-state index contributed by atoms with van der Waals surface area (Å²) in [7, 11) is 0. The van der Waals surface area contributed by atoms with Crippen molar-refractivity contribution in [3.8, 4) is 0 Å². The summed E-state index contributed by atoms with van der Waals surface area (Å²) in [5.41, 5.74) is 10.8. The van der Waals surface area contributed by atoms with Crippen molar-refractivity contribution in [3.05, 3.63) is 70.8 Å². The van der Waals surface area contributed by atoms with Gasteiger partial charge in [0.1, 0.15) is 0 Å². The molecule has 0 aliphatic carbocycles. The Kier molecular flexibility index (Phi) is 5.33. The van der Waals surface area contributed by atoms with E-state index in [1.165, 1.54) is 22.3 Å². The number of nitrogens with one attached hydrogen (secondary N) is 1. The first-order valence-corrected chi connectivity index (χ1v) is 7.26. The lowest BCUT2D eigenvalue weighted by molar-refractivity contribution is 0.692. The van der Waals surface area contributed by atoms with Gasteiger partial charge in [-0.1, -0.05) is 62.4 Å². The summed E-state index contributed by atoms with van der Waals surface area (Å²) in [5.74, 6) is 0.594.